The third-order valence-corrected chi connectivity index (χ3v) is 2.06. The van der Waals surface area contributed by atoms with Gasteiger partial charge in [-0.25, -0.2) is 5.73 Å². The molecule has 0 fully saturated rings. The van der Waals surface area contributed by atoms with Crippen molar-refractivity contribution >= 4 is 0 Å². The van der Waals surface area contributed by atoms with Crippen LogP contribution in [0, 0.1) is 0 Å². The minimum Gasteiger partial charge on any atom is -0.330 e. The predicted molar refractivity (Wildman–Crippen MR) is 50.4 cm³/mol. The van der Waals surface area contributed by atoms with Crippen LogP contribution >= 0.6 is 0 Å². The molecule has 0 rings (SSSR count). The fourth-order valence-corrected chi connectivity index (χ4v) is 1.18. The molecule has 4 heteroatoms. The summed E-state index contributed by atoms with van der Waals surface area (Å²) in [5, 5.41) is 0. The van der Waals surface area contributed by atoms with Gasteiger partial charge in [0.2, 0.25) is 0 Å². The summed E-state index contributed by atoms with van der Waals surface area (Å²) in [7, 11) is 0. The first-order chi connectivity index (χ1) is 5.68. The van der Waals surface area contributed by atoms with E-state index in [0.29, 0.717) is 13.1 Å². The lowest BCUT2D eigenvalue weighted by atomic mass is 9.89. The van der Waals surface area contributed by atoms with Crippen LogP contribution < -0.4 is 22.9 Å². The van der Waals surface area contributed by atoms with E-state index in [1.165, 1.54) is 0 Å². The van der Waals surface area contributed by atoms with E-state index < -0.39 is 5.54 Å². The molecule has 0 saturated carbocycles. The van der Waals surface area contributed by atoms with Crippen LogP contribution in [0.15, 0.2) is 0 Å². The van der Waals surface area contributed by atoms with Gasteiger partial charge in [-0.15, -0.1) is 0 Å². The van der Waals surface area contributed by atoms with Crippen LogP contribution in [0.2, 0.25) is 0 Å². The number of hydrogen-bond donors (Lipinski definition) is 2. The van der Waals surface area contributed by atoms with E-state index in [9.17, 15) is 0 Å². The minimum absolute atomic E-state index is 0.160. The van der Waals surface area contributed by atoms with Crippen LogP contribution in [0.5, 0.6) is 0 Å². The maximum atomic E-state index is 7.88. The molecule has 0 spiro atoms. The van der Waals surface area contributed by atoms with Crippen molar-refractivity contribution in [2.75, 3.05) is 19.6 Å². The lowest BCUT2D eigenvalue weighted by Gasteiger charge is -2.25. The first kappa shape index (κ1) is 11.8. The summed E-state index contributed by atoms with van der Waals surface area (Å²) < 4.78 is 0. The molecule has 72 valence electrons. The molecule has 0 aliphatic heterocycles. The summed E-state index contributed by atoms with van der Waals surface area (Å²) in [6.45, 7) is 1.39. The van der Waals surface area contributed by atoms with Crippen LogP contribution in [0.25, 0.3) is 0 Å². The van der Waals surface area contributed by atoms with Crippen molar-refractivity contribution in [3.05, 3.63) is 0 Å². The summed E-state index contributed by atoms with van der Waals surface area (Å²) in [5.41, 5.74) is 25.2. The third-order valence-electron chi connectivity index (χ3n) is 2.06. The quantitative estimate of drug-likeness (QED) is 0.554. The van der Waals surface area contributed by atoms with E-state index in [4.69, 9.17) is 22.9 Å². The van der Waals surface area contributed by atoms with Gasteiger partial charge in [0, 0.05) is 12.1 Å². The fourth-order valence-electron chi connectivity index (χ4n) is 1.18. The zero-order valence-corrected chi connectivity index (χ0v) is 7.60. The van der Waals surface area contributed by atoms with E-state index in [-0.39, 0.29) is 6.54 Å². The van der Waals surface area contributed by atoms with Gasteiger partial charge in [-0.05, 0) is 38.8 Å². The summed E-state index contributed by atoms with van der Waals surface area (Å²) in [6.07, 6.45) is 3.14. The Morgan fingerprint density at radius 1 is 1.00 bits per heavy atom. The summed E-state index contributed by atoms with van der Waals surface area (Å²) in [5.74, 6) is 0. The number of nitrogens with two attached hydrogens (primary N) is 2. The average molecular weight is 172 g/mol. The highest BCUT2D eigenvalue weighted by Gasteiger charge is 2.22. The maximum Gasteiger partial charge on any atom is 0.0463 e. The van der Waals surface area contributed by atoms with Gasteiger partial charge in [0.1, 0.15) is 0 Å². The Bertz CT molecular complexity index is 97.2. The monoisotopic (exact) mass is 172 g/mol. The molecule has 2 radical (unpaired) electrons. The molecule has 0 aromatic heterocycles. The zero-order valence-electron chi connectivity index (χ0n) is 7.60. The zero-order chi connectivity index (χ0) is 9.45. The second-order valence-corrected chi connectivity index (χ2v) is 3.24. The molecule has 0 aromatic rings. The standard InChI is InChI=1S/C8H20N4/c9-5-1-3-8(12,7-11)4-2-6-10/h11-12H,1-7,9-10H2. The summed E-state index contributed by atoms with van der Waals surface area (Å²) in [4.78, 5) is 0. The predicted octanol–water partition coefficient (Wildman–Crippen LogP) is -0.231. The number of nitrogens with one attached hydrogen (secondary N) is 2. The molecule has 0 atom stereocenters. The van der Waals surface area contributed by atoms with Gasteiger partial charge >= 0.3 is 0 Å². The minimum atomic E-state index is -0.598. The van der Waals surface area contributed by atoms with Crippen LogP contribution in [0.4, 0.5) is 0 Å². The Morgan fingerprint density at radius 3 is 1.67 bits per heavy atom. The molecular formula is C8H20N4. The highest BCUT2D eigenvalue weighted by Crippen LogP contribution is 2.16. The van der Waals surface area contributed by atoms with Crippen molar-refractivity contribution < 1.29 is 0 Å². The van der Waals surface area contributed by atoms with Crippen LogP contribution in [-0.4, -0.2) is 25.2 Å². The average Bonchev–Trinajstić information content (AvgIpc) is 2.11. The van der Waals surface area contributed by atoms with Gasteiger partial charge in [-0.3, -0.25) is 5.73 Å². The molecule has 0 heterocycles. The van der Waals surface area contributed by atoms with Crippen molar-refractivity contribution in [3.8, 4) is 0 Å². The van der Waals surface area contributed by atoms with E-state index in [2.05, 4.69) is 0 Å². The lowest BCUT2D eigenvalue weighted by Crippen LogP contribution is -2.37. The topological polar surface area (TPSA) is 99.6 Å². The molecule has 0 saturated heterocycles. The molecule has 0 aromatic carbocycles. The van der Waals surface area contributed by atoms with E-state index in [0.717, 1.165) is 25.7 Å². The van der Waals surface area contributed by atoms with Gasteiger partial charge in [-0.1, -0.05) is 0 Å². The highest BCUT2D eigenvalue weighted by molar-refractivity contribution is 4.84. The molecule has 0 unspecified atom stereocenters. The molecule has 4 nitrogen and oxygen atoms in total. The Hall–Kier alpha value is -0.160. The van der Waals surface area contributed by atoms with Crippen LogP contribution in [0.1, 0.15) is 25.7 Å². The largest absolute Gasteiger partial charge is 0.330 e. The van der Waals surface area contributed by atoms with Crippen LogP contribution in [-0.2, 0) is 0 Å². The van der Waals surface area contributed by atoms with Crippen molar-refractivity contribution in [3.63, 3.8) is 0 Å². The molecule has 0 aliphatic rings. The third kappa shape index (κ3) is 4.66. The van der Waals surface area contributed by atoms with Crippen LogP contribution in [0.3, 0.4) is 0 Å². The van der Waals surface area contributed by atoms with E-state index in [1.54, 1.807) is 0 Å². The second kappa shape index (κ2) is 6.37. The van der Waals surface area contributed by atoms with Gasteiger partial charge in [0.15, 0.2) is 0 Å². The smallest absolute Gasteiger partial charge is 0.0463 e. The molecule has 12 heavy (non-hydrogen) atoms. The normalized spacial score (nSPS) is 12.0. The Morgan fingerprint density at radius 2 is 1.42 bits per heavy atom. The van der Waals surface area contributed by atoms with E-state index >= 15 is 0 Å². The van der Waals surface area contributed by atoms with Crippen molar-refractivity contribution in [2.45, 2.75) is 31.2 Å². The van der Waals surface area contributed by atoms with E-state index in [1.807, 2.05) is 0 Å². The first-order valence-electron chi connectivity index (χ1n) is 4.48. The van der Waals surface area contributed by atoms with Crippen molar-refractivity contribution in [1.82, 2.24) is 11.5 Å². The molecule has 0 aliphatic carbocycles. The molecule has 0 bridgehead atoms. The summed E-state index contributed by atoms with van der Waals surface area (Å²) >= 11 is 0. The Labute approximate surface area is 74.7 Å². The fraction of sp³-hybridized carbons (Fsp3) is 1.00. The van der Waals surface area contributed by atoms with Crippen molar-refractivity contribution in [2.24, 2.45) is 11.5 Å². The SMILES string of the molecule is [NH]CC([NH])(CCCN)CCCN. The van der Waals surface area contributed by atoms with Crippen molar-refractivity contribution in [1.29, 1.82) is 0 Å². The number of hydrogen-bond acceptors (Lipinski definition) is 2. The Balaban J connectivity index is 3.70. The molecule has 6 N–H and O–H groups in total. The van der Waals surface area contributed by atoms with Gasteiger partial charge < -0.3 is 11.5 Å². The molecular weight excluding hydrogens is 152 g/mol. The molecule has 0 amide bonds. The second-order valence-electron chi connectivity index (χ2n) is 3.24. The van der Waals surface area contributed by atoms with Gasteiger partial charge in [0.05, 0.1) is 0 Å². The maximum absolute atomic E-state index is 7.88. The first-order valence-corrected chi connectivity index (χ1v) is 4.48. The van der Waals surface area contributed by atoms with Gasteiger partial charge in [0.25, 0.3) is 0 Å². The highest BCUT2D eigenvalue weighted by atomic mass is 14.8. The number of rotatable bonds is 7. The summed E-state index contributed by atoms with van der Waals surface area (Å²) in [6, 6.07) is 0. The van der Waals surface area contributed by atoms with Gasteiger partial charge in [-0.2, -0.15) is 0 Å². The Kier molecular flexibility index (Phi) is 6.28. The lowest BCUT2D eigenvalue weighted by molar-refractivity contribution is 0.343.